The van der Waals surface area contributed by atoms with Crippen molar-refractivity contribution in [1.82, 2.24) is 5.32 Å². The molecule has 1 saturated carbocycles. The van der Waals surface area contributed by atoms with Gasteiger partial charge in [-0.3, -0.25) is 4.79 Å². The average molecular weight is 344 g/mol. The molecule has 1 aromatic rings. The topological polar surface area (TPSA) is 55.4 Å². The largest absolute Gasteiger partial charge is 0.449 e. The van der Waals surface area contributed by atoms with Gasteiger partial charge in [0.05, 0.1) is 15.6 Å². The highest BCUT2D eigenvalue weighted by atomic mass is 35.5. The van der Waals surface area contributed by atoms with Crippen molar-refractivity contribution in [2.45, 2.75) is 51.2 Å². The number of carbonyl (C=O) groups excluding carboxylic acids is 2. The van der Waals surface area contributed by atoms with Crippen molar-refractivity contribution in [3.05, 3.63) is 33.8 Å². The lowest BCUT2D eigenvalue weighted by molar-refractivity contribution is -0.130. The Labute approximate surface area is 140 Å². The summed E-state index contributed by atoms with van der Waals surface area (Å²) >= 11 is 11.9. The molecule has 0 heterocycles. The Morgan fingerprint density at radius 3 is 2.36 bits per heavy atom. The van der Waals surface area contributed by atoms with Gasteiger partial charge in [-0.05, 0) is 31.9 Å². The summed E-state index contributed by atoms with van der Waals surface area (Å²) in [7, 11) is 0. The van der Waals surface area contributed by atoms with E-state index in [1.165, 1.54) is 6.42 Å². The number of halogens is 2. The third kappa shape index (κ3) is 4.37. The van der Waals surface area contributed by atoms with E-state index in [4.69, 9.17) is 27.9 Å². The summed E-state index contributed by atoms with van der Waals surface area (Å²) in [4.78, 5) is 24.2. The summed E-state index contributed by atoms with van der Waals surface area (Å²) < 4.78 is 5.18. The third-order valence-electron chi connectivity index (χ3n) is 3.77. The molecule has 0 bridgehead atoms. The maximum absolute atomic E-state index is 12.1. The Morgan fingerprint density at radius 2 is 1.77 bits per heavy atom. The minimum atomic E-state index is -0.887. The van der Waals surface area contributed by atoms with Crippen LogP contribution in [0.3, 0.4) is 0 Å². The predicted molar refractivity (Wildman–Crippen MR) is 86.4 cm³/mol. The smallest absolute Gasteiger partial charge is 0.341 e. The third-order valence-corrected chi connectivity index (χ3v) is 4.40. The highest BCUT2D eigenvalue weighted by molar-refractivity contribution is 6.39. The number of carbonyl (C=O) groups is 2. The first-order valence-corrected chi connectivity index (χ1v) is 8.20. The van der Waals surface area contributed by atoms with Crippen molar-refractivity contribution in [1.29, 1.82) is 0 Å². The highest BCUT2D eigenvalue weighted by Crippen LogP contribution is 2.25. The van der Waals surface area contributed by atoms with Gasteiger partial charge in [0.15, 0.2) is 6.10 Å². The zero-order valence-corrected chi connectivity index (χ0v) is 13.9. The van der Waals surface area contributed by atoms with Crippen molar-refractivity contribution in [2.75, 3.05) is 0 Å². The zero-order chi connectivity index (χ0) is 16.1. The van der Waals surface area contributed by atoms with E-state index < -0.39 is 12.1 Å². The van der Waals surface area contributed by atoms with Crippen LogP contribution < -0.4 is 5.32 Å². The van der Waals surface area contributed by atoms with E-state index in [1.54, 1.807) is 25.1 Å². The first-order valence-electron chi connectivity index (χ1n) is 7.44. The summed E-state index contributed by atoms with van der Waals surface area (Å²) in [5.74, 6) is -0.981. The molecule has 2 rings (SSSR count). The Hall–Kier alpha value is -1.26. The fraction of sp³-hybridized carbons (Fsp3) is 0.500. The molecular weight excluding hydrogens is 325 g/mol. The Kier molecular flexibility index (Phi) is 6.09. The Balaban J connectivity index is 1.94. The maximum atomic E-state index is 12.1. The summed E-state index contributed by atoms with van der Waals surface area (Å²) in [6, 6.07) is 4.92. The number of nitrogens with one attached hydrogen (secondary N) is 1. The van der Waals surface area contributed by atoms with E-state index in [-0.39, 0.29) is 27.6 Å². The van der Waals surface area contributed by atoms with Crippen molar-refractivity contribution >= 4 is 35.1 Å². The van der Waals surface area contributed by atoms with Gasteiger partial charge in [0.1, 0.15) is 0 Å². The molecule has 0 aromatic heterocycles. The molecule has 1 aromatic carbocycles. The van der Waals surface area contributed by atoms with Gasteiger partial charge in [-0.2, -0.15) is 0 Å². The van der Waals surface area contributed by atoms with E-state index in [2.05, 4.69) is 5.32 Å². The summed E-state index contributed by atoms with van der Waals surface area (Å²) in [5.41, 5.74) is 0.0862. The first kappa shape index (κ1) is 17.1. The molecule has 6 heteroatoms. The second-order valence-electron chi connectivity index (χ2n) is 5.49. The highest BCUT2D eigenvalue weighted by Gasteiger charge is 2.24. The molecule has 1 N–H and O–H groups in total. The molecule has 1 fully saturated rings. The van der Waals surface area contributed by atoms with Gasteiger partial charge in [-0.25, -0.2) is 4.79 Å². The van der Waals surface area contributed by atoms with Gasteiger partial charge in [-0.15, -0.1) is 0 Å². The van der Waals surface area contributed by atoms with Crippen LogP contribution in [0.1, 0.15) is 49.4 Å². The van der Waals surface area contributed by atoms with E-state index >= 15 is 0 Å². The minimum absolute atomic E-state index is 0.0862. The molecule has 120 valence electrons. The monoisotopic (exact) mass is 343 g/mol. The molecule has 1 atom stereocenters. The molecule has 1 unspecified atom stereocenters. The number of amides is 1. The molecule has 0 saturated heterocycles. The summed E-state index contributed by atoms with van der Waals surface area (Å²) in [6.45, 7) is 1.54. The van der Waals surface area contributed by atoms with Crippen LogP contribution in [0.5, 0.6) is 0 Å². The molecule has 0 radical (unpaired) electrons. The molecule has 1 aliphatic carbocycles. The van der Waals surface area contributed by atoms with Crippen molar-refractivity contribution in [2.24, 2.45) is 0 Å². The fourth-order valence-electron chi connectivity index (χ4n) is 2.53. The van der Waals surface area contributed by atoms with Gasteiger partial charge < -0.3 is 10.1 Å². The summed E-state index contributed by atoms with van der Waals surface area (Å²) in [5, 5.41) is 3.33. The number of esters is 1. The van der Waals surface area contributed by atoms with Crippen LogP contribution in [-0.2, 0) is 9.53 Å². The first-order chi connectivity index (χ1) is 10.5. The van der Waals surface area contributed by atoms with Gasteiger partial charge in [0, 0.05) is 6.04 Å². The Morgan fingerprint density at radius 1 is 1.18 bits per heavy atom. The van der Waals surface area contributed by atoms with Crippen LogP contribution in [0.15, 0.2) is 18.2 Å². The number of hydrogen-bond donors (Lipinski definition) is 1. The lowest BCUT2D eigenvalue weighted by Crippen LogP contribution is -2.42. The molecule has 1 aliphatic rings. The van der Waals surface area contributed by atoms with E-state index in [0.29, 0.717) is 0 Å². The molecule has 1 amide bonds. The van der Waals surface area contributed by atoms with Crippen LogP contribution in [0.25, 0.3) is 0 Å². The second kappa shape index (κ2) is 7.84. The van der Waals surface area contributed by atoms with Crippen molar-refractivity contribution in [3.8, 4) is 0 Å². The molecule has 4 nitrogen and oxygen atoms in total. The average Bonchev–Trinajstić information content (AvgIpc) is 2.48. The standard InChI is InChI=1S/C16H19Cl2NO3/c1-10(15(20)19-11-6-3-2-4-7-11)22-16(21)14-12(17)8-5-9-13(14)18/h5,8-11H,2-4,6-7H2,1H3,(H,19,20). The van der Waals surface area contributed by atoms with E-state index in [1.807, 2.05) is 0 Å². The quantitative estimate of drug-likeness (QED) is 0.841. The number of ether oxygens (including phenoxy) is 1. The van der Waals surface area contributed by atoms with E-state index in [0.717, 1.165) is 25.7 Å². The molecule has 22 heavy (non-hydrogen) atoms. The molecule has 0 spiro atoms. The number of benzene rings is 1. The minimum Gasteiger partial charge on any atom is -0.449 e. The molecular formula is C16H19Cl2NO3. The fourth-order valence-corrected chi connectivity index (χ4v) is 3.08. The van der Waals surface area contributed by atoms with Crippen LogP contribution in [0.2, 0.25) is 10.0 Å². The number of hydrogen-bond acceptors (Lipinski definition) is 3. The van der Waals surface area contributed by atoms with Crippen LogP contribution >= 0.6 is 23.2 Å². The van der Waals surface area contributed by atoms with Gasteiger partial charge in [0.25, 0.3) is 5.91 Å². The van der Waals surface area contributed by atoms with Crippen LogP contribution in [0.4, 0.5) is 0 Å². The zero-order valence-electron chi connectivity index (χ0n) is 12.4. The second-order valence-corrected chi connectivity index (χ2v) is 6.30. The lowest BCUT2D eigenvalue weighted by Gasteiger charge is -2.24. The van der Waals surface area contributed by atoms with Crippen molar-refractivity contribution < 1.29 is 14.3 Å². The van der Waals surface area contributed by atoms with Gasteiger partial charge in [-0.1, -0.05) is 48.5 Å². The van der Waals surface area contributed by atoms with Crippen LogP contribution in [0, 0.1) is 0 Å². The lowest BCUT2D eigenvalue weighted by atomic mass is 9.95. The van der Waals surface area contributed by atoms with Gasteiger partial charge >= 0.3 is 5.97 Å². The normalized spacial score (nSPS) is 16.9. The van der Waals surface area contributed by atoms with Crippen molar-refractivity contribution in [3.63, 3.8) is 0 Å². The van der Waals surface area contributed by atoms with E-state index in [9.17, 15) is 9.59 Å². The van der Waals surface area contributed by atoms with Gasteiger partial charge in [0.2, 0.25) is 0 Å². The number of rotatable bonds is 4. The Bertz CT molecular complexity index is 536. The van der Waals surface area contributed by atoms with Crippen LogP contribution in [-0.4, -0.2) is 24.0 Å². The molecule has 0 aliphatic heterocycles. The SMILES string of the molecule is CC(OC(=O)c1c(Cl)cccc1Cl)C(=O)NC1CCCCC1. The predicted octanol–water partition coefficient (Wildman–Crippen LogP) is 3.99. The maximum Gasteiger partial charge on any atom is 0.341 e. The summed E-state index contributed by atoms with van der Waals surface area (Å²) in [6.07, 6.45) is 4.51.